The molecule has 17 heavy (non-hydrogen) atoms. The molecule has 0 spiro atoms. The van der Waals surface area contributed by atoms with Crippen LogP contribution in [-0.2, 0) is 10.4 Å². The predicted molar refractivity (Wildman–Crippen MR) is 67.3 cm³/mol. The largest absolute Gasteiger partial charge is 0.384 e. The van der Waals surface area contributed by atoms with Crippen LogP contribution in [0.2, 0.25) is 0 Å². The minimum atomic E-state index is -1.03. The first-order valence-electron chi connectivity index (χ1n) is 5.58. The Morgan fingerprint density at radius 2 is 1.82 bits per heavy atom. The summed E-state index contributed by atoms with van der Waals surface area (Å²) in [5.74, 6) is -0.443. The van der Waals surface area contributed by atoms with Gasteiger partial charge in [-0.2, -0.15) is 0 Å². The Hall–Kier alpha value is -1.39. The first kappa shape index (κ1) is 13.7. The van der Waals surface area contributed by atoms with Crippen LogP contribution < -0.4 is 11.1 Å². The second kappa shape index (κ2) is 4.85. The van der Waals surface area contributed by atoms with E-state index in [-0.39, 0.29) is 6.54 Å². The molecule has 1 rings (SSSR count). The van der Waals surface area contributed by atoms with Crippen molar-refractivity contribution in [1.29, 1.82) is 0 Å². The number of rotatable bonds is 5. The van der Waals surface area contributed by atoms with Crippen LogP contribution in [0.25, 0.3) is 0 Å². The molecule has 0 saturated heterocycles. The van der Waals surface area contributed by atoms with Gasteiger partial charge in [0.2, 0.25) is 5.91 Å². The summed E-state index contributed by atoms with van der Waals surface area (Å²) in [6.07, 6.45) is 0. The summed E-state index contributed by atoms with van der Waals surface area (Å²) in [6.45, 7) is 5.34. The molecule has 0 fully saturated rings. The normalized spacial score (nSPS) is 15.3. The molecule has 1 aromatic carbocycles. The van der Waals surface area contributed by atoms with Gasteiger partial charge in [0.25, 0.3) is 0 Å². The average molecular weight is 236 g/mol. The summed E-state index contributed by atoms with van der Waals surface area (Å²) >= 11 is 0. The molecule has 4 nitrogen and oxygen atoms in total. The van der Waals surface area contributed by atoms with Gasteiger partial charge in [-0.3, -0.25) is 4.79 Å². The highest BCUT2D eigenvalue weighted by atomic mass is 16.3. The fourth-order valence-electron chi connectivity index (χ4n) is 1.38. The number of β-amino-alcohol motifs (C(OH)–C–C–N with tert-alkyl or cyclic N) is 1. The molecule has 1 unspecified atom stereocenters. The lowest BCUT2D eigenvalue weighted by Gasteiger charge is -2.30. The van der Waals surface area contributed by atoms with E-state index in [9.17, 15) is 9.90 Å². The first-order chi connectivity index (χ1) is 7.76. The van der Waals surface area contributed by atoms with Gasteiger partial charge < -0.3 is 16.2 Å². The van der Waals surface area contributed by atoms with Crippen LogP contribution in [0.15, 0.2) is 30.3 Å². The maximum atomic E-state index is 11.2. The van der Waals surface area contributed by atoms with E-state index < -0.39 is 17.0 Å². The standard InChI is InChI=1S/C13H20N2O2/c1-12(2,11(14)16)15-9-13(3,17)10-7-5-4-6-8-10/h4-8,15,17H,9H2,1-3H3,(H2,14,16). The molecule has 1 atom stereocenters. The molecule has 1 amide bonds. The molecule has 0 saturated carbocycles. The molecule has 0 aliphatic carbocycles. The average Bonchev–Trinajstić information content (AvgIpc) is 2.28. The van der Waals surface area contributed by atoms with Crippen LogP contribution in [-0.4, -0.2) is 23.1 Å². The van der Waals surface area contributed by atoms with Crippen molar-refractivity contribution in [2.24, 2.45) is 5.73 Å². The van der Waals surface area contributed by atoms with E-state index in [0.29, 0.717) is 0 Å². The zero-order valence-corrected chi connectivity index (χ0v) is 10.5. The van der Waals surface area contributed by atoms with Crippen LogP contribution in [0.3, 0.4) is 0 Å². The Balaban J connectivity index is 2.72. The number of hydrogen-bond donors (Lipinski definition) is 3. The van der Waals surface area contributed by atoms with Gasteiger partial charge in [-0.1, -0.05) is 30.3 Å². The van der Waals surface area contributed by atoms with Crippen LogP contribution in [0.4, 0.5) is 0 Å². The van der Waals surface area contributed by atoms with Crippen molar-refractivity contribution in [3.05, 3.63) is 35.9 Å². The third kappa shape index (κ3) is 3.54. The van der Waals surface area contributed by atoms with Crippen LogP contribution in [0, 0.1) is 0 Å². The predicted octanol–water partition coefficient (Wildman–Crippen LogP) is 0.748. The maximum absolute atomic E-state index is 11.2. The third-order valence-electron chi connectivity index (χ3n) is 2.89. The van der Waals surface area contributed by atoms with E-state index in [0.717, 1.165) is 5.56 Å². The van der Waals surface area contributed by atoms with E-state index in [1.165, 1.54) is 0 Å². The molecule has 4 N–H and O–H groups in total. The van der Waals surface area contributed by atoms with Gasteiger partial charge >= 0.3 is 0 Å². The number of aliphatic hydroxyl groups is 1. The lowest BCUT2D eigenvalue weighted by molar-refractivity contribution is -0.123. The monoisotopic (exact) mass is 236 g/mol. The zero-order chi connectivity index (χ0) is 13.1. The first-order valence-corrected chi connectivity index (χ1v) is 5.58. The lowest BCUT2D eigenvalue weighted by Crippen LogP contribution is -2.54. The van der Waals surface area contributed by atoms with Gasteiger partial charge in [0.1, 0.15) is 0 Å². The Labute approximate surface area is 102 Å². The van der Waals surface area contributed by atoms with E-state index in [1.54, 1.807) is 20.8 Å². The SMILES string of the molecule is CC(C)(NCC(C)(O)c1ccccc1)C(N)=O. The van der Waals surface area contributed by atoms with Gasteiger partial charge in [0.05, 0.1) is 11.1 Å². The smallest absolute Gasteiger partial charge is 0.237 e. The number of carbonyl (C=O) groups excluding carboxylic acids is 1. The Bertz CT molecular complexity index is 386. The quantitative estimate of drug-likeness (QED) is 0.706. The van der Waals surface area contributed by atoms with Gasteiger partial charge in [-0.25, -0.2) is 0 Å². The molecule has 94 valence electrons. The Morgan fingerprint density at radius 3 is 2.29 bits per heavy atom. The van der Waals surface area contributed by atoms with Gasteiger partial charge in [0.15, 0.2) is 0 Å². The summed E-state index contributed by atoms with van der Waals surface area (Å²) in [7, 11) is 0. The summed E-state index contributed by atoms with van der Waals surface area (Å²) in [5.41, 5.74) is 4.19. The molecular weight excluding hydrogens is 216 g/mol. The summed E-state index contributed by atoms with van der Waals surface area (Å²) in [5, 5.41) is 13.3. The highest BCUT2D eigenvalue weighted by Crippen LogP contribution is 2.20. The van der Waals surface area contributed by atoms with Gasteiger partial charge in [0, 0.05) is 6.54 Å². The summed E-state index contributed by atoms with van der Waals surface area (Å²) in [4.78, 5) is 11.2. The molecule has 0 aromatic heterocycles. The molecule has 0 bridgehead atoms. The van der Waals surface area contributed by atoms with E-state index in [4.69, 9.17) is 5.73 Å². The molecule has 4 heteroatoms. The van der Waals surface area contributed by atoms with Crippen molar-refractivity contribution >= 4 is 5.91 Å². The highest BCUT2D eigenvalue weighted by Gasteiger charge is 2.29. The van der Waals surface area contributed by atoms with E-state index in [1.807, 2.05) is 30.3 Å². The van der Waals surface area contributed by atoms with Gasteiger partial charge in [-0.05, 0) is 26.3 Å². The maximum Gasteiger partial charge on any atom is 0.237 e. The number of amides is 1. The summed E-state index contributed by atoms with van der Waals surface area (Å²) < 4.78 is 0. The van der Waals surface area contributed by atoms with Crippen LogP contribution >= 0.6 is 0 Å². The lowest BCUT2D eigenvalue weighted by atomic mass is 9.94. The minimum Gasteiger partial charge on any atom is -0.384 e. The van der Waals surface area contributed by atoms with Crippen molar-refractivity contribution in [2.75, 3.05) is 6.54 Å². The fraction of sp³-hybridized carbons (Fsp3) is 0.462. The molecule has 0 aliphatic rings. The van der Waals surface area contributed by atoms with Crippen molar-refractivity contribution in [3.63, 3.8) is 0 Å². The molecule has 1 aromatic rings. The fourth-order valence-corrected chi connectivity index (χ4v) is 1.38. The zero-order valence-electron chi connectivity index (χ0n) is 10.5. The molecule has 0 aliphatic heterocycles. The number of hydrogen-bond acceptors (Lipinski definition) is 3. The Kier molecular flexibility index (Phi) is 3.91. The number of nitrogens with two attached hydrogens (primary N) is 1. The second-order valence-corrected chi connectivity index (χ2v) is 4.98. The highest BCUT2D eigenvalue weighted by molar-refractivity contribution is 5.83. The molecular formula is C13H20N2O2. The number of benzene rings is 1. The molecule has 0 radical (unpaired) electrons. The van der Waals surface area contributed by atoms with Crippen molar-refractivity contribution < 1.29 is 9.90 Å². The summed E-state index contributed by atoms with van der Waals surface area (Å²) in [6, 6.07) is 9.31. The number of nitrogens with one attached hydrogen (secondary N) is 1. The topological polar surface area (TPSA) is 75.3 Å². The van der Waals surface area contributed by atoms with Crippen LogP contribution in [0.5, 0.6) is 0 Å². The minimum absolute atomic E-state index is 0.257. The Morgan fingerprint density at radius 1 is 1.29 bits per heavy atom. The van der Waals surface area contributed by atoms with Gasteiger partial charge in [-0.15, -0.1) is 0 Å². The number of primary amides is 1. The number of carbonyl (C=O) groups is 1. The van der Waals surface area contributed by atoms with Crippen molar-refractivity contribution in [2.45, 2.75) is 31.9 Å². The van der Waals surface area contributed by atoms with E-state index >= 15 is 0 Å². The second-order valence-electron chi connectivity index (χ2n) is 4.98. The van der Waals surface area contributed by atoms with E-state index in [2.05, 4.69) is 5.32 Å². The van der Waals surface area contributed by atoms with Crippen molar-refractivity contribution in [3.8, 4) is 0 Å². The van der Waals surface area contributed by atoms with Crippen molar-refractivity contribution in [1.82, 2.24) is 5.32 Å². The third-order valence-corrected chi connectivity index (χ3v) is 2.89. The van der Waals surface area contributed by atoms with Crippen LogP contribution in [0.1, 0.15) is 26.3 Å². The molecule has 0 heterocycles.